The molecule has 1 heterocycles. The van der Waals surface area contributed by atoms with Crippen molar-refractivity contribution >= 4 is 0 Å². The van der Waals surface area contributed by atoms with E-state index in [1.807, 2.05) is 19.1 Å². The highest BCUT2D eigenvalue weighted by atomic mass is 19.1. The van der Waals surface area contributed by atoms with Crippen LogP contribution < -0.4 is 10.1 Å². The molecule has 0 saturated heterocycles. The zero-order valence-corrected chi connectivity index (χ0v) is 12.0. The van der Waals surface area contributed by atoms with Gasteiger partial charge in [0.15, 0.2) is 0 Å². The summed E-state index contributed by atoms with van der Waals surface area (Å²) in [6.07, 6.45) is 3.37. The first kappa shape index (κ1) is 14.5. The topological polar surface area (TPSA) is 34.2 Å². The van der Waals surface area contributed by atoms with Gasteiger partial charge in [-0.15, -0.1) is 0 Å². The lowest BCUT2D eigenvalue weighted by Gasteiger charge is -2.20. The van der Waals surface area contributed by atoms with Crippen LogP contribution in [0.15, 0.2) is 36.7 Å². The van der Waals surface area contributed by atoms with E-state index in [9.17, 15) is 4.39 Å². The monoisotopic (exact) mass is 274 g/mol. The molecule has 2 rings (SSSR count). The number of benzene rings is 1. The Bertz CT molecular complexity index is 586. The third kappa shape index (κ3) is 2.96. The van der Waals surface area contributed by atoms with Crippen molar-refractivity contribution in [3.05, 3.63) is 59.2 Å². The van der Waals surface area contributed by atoms with Crippen LogP contribution in [-0.4, -0.2) is 18.6 Å². The maximum Gasteiger partial charge on any atom is 0.137 e. The average Bonchev–Trinajstić information content (AvgIpc) is 2.48. The molecule has 1 aromatic heterocycles. The molecule has 0 aliphatic heterocycles. The molecule has 0 spiro atoms. The lowest BCUT2D eigenvalue weighted by atomic mass is 9.97. The maximum absolute atomic E-state index is 14.4. The van der Waals surface area contributed by atoms with Gasteiger partial charge in [0, 0.05) is 11.8 Å². The predicted molar refractivity (Wildman–Crippen MR) is 77.4 cm³/mol. The molecule has 1 unspecified atom stereocenters. The smallest absolute Gasteiger partial charge is 0.137 e. The van der Waals surface area contributed by atoms with Crippen LogP contribution in [0.4, 0.5) is 4.39 Å². The van der Waals surface area contributed by atoms with Crippen molar-refractivity contribution < 1.29 is 9.13 Å². The molecule has 1 atom stereocenters. The Morgan fingerprint density at radius 1 is 1.35 bits per heavy atom. The zero-order chi connectivity index (χ0) is 14.5. The molecule has 1 aromatic carbocycles. The maximum atomic E-state index is 14.4. The second kappa shape index (κ2) is 6.48. The van der Waals surface area contributed by atoms with Crippen LogP contribution in [0.2, 0.25) is 0 Å². The van der Waals surface area contributed by atoms with Gasteiger partial charge in [-0.2, -0.15) is 0 Å². The first-order valence-electron chi connectivity index (χ1n) is 6.64. The second-order valence-corrected chi connectivity index (χ2v) is 4.63. The molecule has 0 aliphatic rings. The average molecular weight is 274 g/mol. The fraction of sp³-hybridized carbons (Fsp3) is 0.312. The first-order valence-corrected chi connectivity index (χ1v) is 6.64. The van der Waals surface area contributed by atoms with Crippen LogP contribution in [-0.2, 0) is 0 Å². The second-order valence-electron chi connectivity index (χ2n) is 4.63. The number of ether oxygens (including phenoxy) is 1. The van der Waals surface area contributed by atoms with Gasteiger partial charge in [-0.25, -0.2) is 4.39 Å². The highest BCUT2D eigenvalue weighted by Crippen LogP contribution is 2.27. The van der Waals surface area contributed by atoms with Crippen LogP contribution in [0.3, 0.4) is 0 Å². The molecule has 1 N–H and O–H groups in total. The standard InChI is InChI=1S/C16H19FN2O/c1-4-19-16(12-8-13(20-3)10-18-9-12)14-7-5-6-11(2)15(14)17/h5-10,16,19H,4H2,1-3H3. The number of aromatic nitrogens is 1. The fourth-order valence-corrected chi connectivity index (χ4v) is 2.21. The number of pyridine rings is 1. The number of aryl methyl sites for hydroxylation is 1. The largest absolute Gasteiger partial charge is 0.495 e. The quantitative estimate of drug-likeness (QED) is 0.909. The van der Waals surface area contributed by atoms with Gasteiger partial charge in [0.2, 0.25) is 0 Å². The van der Waals surface area contributed by atoms with E-state index >= 15 is 0 Å². The molecule has 20 heavy (non-hydrogen) atoms. The summed E-state index contributed by atoms with van der Waals surface area (Å²) >= 11 is 0. The SMILES string of the molecule is CCNC(c1cncc(OC)c1)c1cccc(C)c1F. The summed E-state index contributed by atoms with van der Waals surface area (Å²) in [5.41, 5.74) is 2.15. The molecule has 4 heteroatoms. The highest BCUT2D eigenvalue weighted by Gasteiger charge is 2.18. The van der Waals surface area contributed by atoms with Crippen LogP contribution in [0.1, 0.15) is 29.7 Å². The number of rotatable bonds is 5. The van der Waals surface area contributed by atoms with Crippen molar-refractivity contribution in [1.82, 2.24) is 10.3 Å². The van der Waals surface area contributed by atoms with Crippen LogP contribution >= 0.6 is 0 Å². The van der Waals surface area contributed by atoms with E-state index in [-0.39, 0.29) is 11.9 Å². The lowest BCUT2D eigenvalue weighted by Crippen LogP contribution is -2.23. The Hall–Kier alpha value is -1.94. The highest BCUT2D eigenvalue weighted by molar-refractivity contribution is 5.36. The first-order chi connectivity index (χ1) is 9.67. The summed E-state index contributed by atoms with van der Waals surface area (Å²) in [6.45, 7) is 4.50. The Labute approximate surface area is 118 Å². The van der Waals surface area contributed by atoms with Crippen molar-refractivity contribution in [3.8, 4) is 5.75 Å². The number of nitrogens with zero attached hydrogens (tertiary/aromatic N) is 1. The fourth-order valence-electron chi connectivity index (χ4n) is 2.21. The summed E-state index contributed by atoms with van der Waals surface area (Å²) < 4.78 is 19.5. The van der Waals surface area contributed by atoms with Crippen LogP contribution in [0.5, 0.6) is 5.75 Å². The van der Waals surface area contributed by atoms with Gasteiger partial charge in [0.25, 0.3) is 0 Å². The van der Waals surface area contributed by atoms with Gasteiger partial charge in [0.1, 0.15) is 11.6 Å². The summed E-state index contributed by atoms with van der Waals surface area (Å²) in [5.74, 6) is 0.486. The molecular weight excluding hydrogens is 255 g/mol. The van der Waals surface area contributed by atoms with Gasteiger partial charge in [0.05, 0.1) is 19.3 Å². The van der Waals surface area contributed by atoms with Crippen LogP contribution in [0.25, 0.3) is 0 Å². The van der Waals surface area contributed by atoms with E-state index in [0.717, 1.165) is 12.1 Å². The van der Waals surface area contributed by atoms with Crippen molar-refractivity contribution in [3.63, 3.8) is 0 Å². The Balaban J connectivity index is 2.47. The van der Waals surface area contributed by atoms with Gasteiger partial charge in [-0.3, -0.25) is 4.98 Å². The molecule has 0 bridgehead atoms. The minimum atomic E-state index is -0.234. The molecule has 0 saturated carbocycles. The molecule has 0 amide bonds. The van der Waals surface area contributed by atoms with Crippen molar-refractivity contribution in [2.75, 3.05) is 13.7 Å². The van der Waals surface area contributed by atoms with E-state index in [4.69, 9.17) is 4.74 Å². The Morgan fingerprint density at radius 3 is 2.85 bits per heavy atom. The summed E-state index contributed by atoms with van der Waals surface area (Å²) in [5, 5.41) is 3.30. The molecule has 0 aliphatic carbocycles. The molecule has 0 fully saturated rings. The number of methoxy groups -OCH3 is 1. The number of hydrogen-bond acceptors (Lipinski definition) is 3. The molecule has 0 radical (unpaired) electrons. The van der Waals surface area contributed by atoms with Gasteiger partial charge >= 0.3 is 0 Å². The lowest BCUT2D eigenvalue weighted by molar-refractivity contribution is 0.411. The number of nitrogens with one attached hydrogen (secondary N) is 1. The Morgan fingerprint density at radius 2 is 2.15 bits per heavy atom. The normalized spacial score (nSPS) is 12.2. The van der Waals surface area contributed by atoms with E-state index in [2.05, 4.69) is 10.3 Å². The van der Waals surface area contributed by atoms with Crippen molar-refractivity contribution in [1.29, 1.82) is 0 Å². The minimum Gasteiger partial charge on any atom is -0.495 e. The molecular formula is C16H19FN2O. The van der Waals surface area contributed by atoms with E-state index in [1.165, 1.54) is 0 Å². The number of hydrogen-bond donors (Lipinski definition) is 1. The van der Waals surface area contributed by atoms with Crippen molar-refractivity contribution in [2.24, 2.45) is 0 Å². The zero-order valence-electron chi connectivity index (χ0n) is 12.0. The van der Waals surface area contributed by atoms with Gasteiger partial charge in [-0.05, 0) is 30.7 Å². The van der Waals surface area contributed by atoms with E-state index < -0.39 is 0 Å². The third-order valence-corrected chi connectivity index (χ3v) is 3.24. The van der Waals surface area contributed by atoms with Crippen LogP contribution in [0, 0.1) is 12.7 Å². The van der Waals surface area contributed by atoms with Crippen molar-refractivity contribution in [2.45, 2.75) is 19.9 Å². The summed E-state index contributed by atoms with van der Waals surface area (Å²) in [7, 11) is 1.59. The van der Waals surface area contributed by atoms with Gasteiger partial charge in [-0.1, -0.05) is 25.1 Å². The van der Waals surface area contributed by atoms with Gasteiger partial charge < -0.3 is 10.1 Å². The summed E-state index contributed by atoms with van der Waals surface area (Å²) in [6, 6.07) is 7.08. The van der Waals surface area contributed by atoms with E-state index in [0.29, 0.717) is 16.9 Å². The molecule has 3 nitrogen and oxygen atoms in total. The Kier molecular flexibility index (Phi) is 4.69. The predicted octanol–water partition coefficient (Wildman–Crippen LogP) is 3.24. The molecule has 106 valence electrons. The minimum absolute atomic E-state index is 0.179. The molecule has 2 aromatic rings. The summed E-state index contributed by atoms with van der Waals surface area (Å²) in [4.78, 5) is 4.15. The van der Waals surface area contributed by atoms with E-state index in [1.54, 1.807) is 38.6 Å². The third-order valence-electron chi connectivity index (χ3n) is 3.24. The number of halogens is 1.